The molecule has 0 unspecified atom stereocenters. The third-order valence-corrected chi connectivity index (χ3v) is 4.41. The molecule has 172 valence electrons. The fourth-order valence-electron chi connectivity index (χ4n) is 2.87. The first kappa shape index (κ1) is 23.4. The number of nitrogen functional groups attached to an aromatic ring is 1. The number of hydrogen-bond donors (Lipinski definition) is 2. The topological polar surface area (TPSA) is 160 Å². The normalized spacial score (nSPS) is 10.5. The Kier molecular flexibility index (Phi) is 7.71. The highest BCUT2D eigenvalue weighted by molar-refractivity contribution is 5.92. The number of nitrogens with zero attached hydrogens (tertiary/aromatic N) is 4. The molecule has 0 amide bonds. The Morgan fingerprint density at radius 1 is 1.24 bits per heavy atom. The number of benzene rings is 1. The molecule has 0 bridgehead atoms. The quantitative estimate of drug-likeness (QED) is 0.380. The van der Waals surface area contributed by atoms with Crippen LogP contribution in [0.1, 0.15) is 39.3 Å². The molecule has 0 radical (unpaired) electrons. The van der Waals surface area contributed by atoms with Crippen molar-refractivity contribution < 1.29 is 28.3 Å². The molecular weight excluding hydrogens is 430 g/mol. The second-order valence-corrected chi connectivity index (χ2v) is 6.90. The van der Waals surface area contributed by atoms with E-state index in [2.05, 4.69) is 15.2 Å². The number of furan rings is 1. The number of carboxylic acids is 1. The Morgan fingerprint density at radius 3 is 2.70 bits per heavy atom. The zero-order valence-electron chi connectivity index (χ0n) is 18.1. The highest BCUT2D eigenvalue weighted by Gasteiger charge is 2.17. The molecule has 0 aliphatic heterocycles. The van der Waals surface area contributed by atoms with Crippen molar-refractivity contribution in [2.75, 3.05) is 19.5 Å². The van der Waals surface area contributed by atoms with Gasteiger partial charge in [-0.25, -0.2) is 9.78 Å². The Morgan fingerprint density at radius 2 is 2.06 bits per heavy atom. The molecule has 11 heteroatoms. The van der Waals surface area contributed by atoms with Crippen LogP contribution in [0.2, 0.25) is 0 Å². The van der Waals surface area contributed by atoms with E-state index in [4.69, 9.17) is 24.4 Å². The van der Waals surface area contributed by atoms with E-state index in [1.54, 1.807) is 25.3 Å². The number of ether oxygens (including phenoxy) is 1. The van der Waals surface area contributed by atoms with E-state index in [0.29, 0.717) is 36.1 Å². The zero-order valence-corrected chi connectivity index (χ0v) is 18.1. The van der Waals surface area contributed by atoms with Crippen LogP contribution in [0.25, 0.3) is 11.3 Å². The van der Waals surface area contributed by atoms with Crippen molar-refractivity contribution in [3.8, 4) is 11.3 Å². The van der Waals surface area contributed by atoms with Gasteiger partial charge in [0.05, 0.1) is 12.8 Å². The number of carboxylic acid groups (broad SMARTS) is 1. The fourth-order valence-corrected chi connectivity index (χ4v) is 2.87. The summed E-state index contributed by atoms with van der Waals surface area (Å²) in [7, 11) is 1.64. The van der Waals surface area contributed by atoms with Crippen molar-refractivity contribution in [3.63, 3.8) is 0 Å². The maximum Gasteiger partial charge on any atom is 0.358 e. The lowest BCUT2D eigenvalue weighted by atomic mass is 10.1. The fraction of sp³-hybridized carbons (Fsp3) is 0.227. The van der Waals surface area contributed by atoms with E-state index in [9.17, 15) is 9.59 Å². The number of ketones is 1. The smallest absolute Gasteiger partial charge is 0.358 e. The van der Waals surface area contributed by atoms with E-state index in [0.717, 1.165) is 18.4 Å². The molecule has 0 aliphatic carbocycles. The number of methoxy groups -OCH3 is 1. The molecule has 4 rings (SSSR count). The van der Waals surface area contributed by atoms with Crippen LogP contribution in [0.5, 0.6) is 0 Å². The number of Topliss-reactive ketones (excluding diaryl/α,β-unsaturated/α-hetero) is 1. The maximum atomic E-state index is 11.0. The SMILES string of the molecule is CC(=O)c1ccc(Cn2ncc(N)n2)o1.COCCc1cccc(-c2ocnc2C(=O)O)c1. The van der Waals surface area contributed by atoms with Crippen molar-refractivity contribution in [2.45, 2.75) is 19.9 Å². The molecule has 3 N–H and O–H groups in total. The molecule has 0 saturated carbocycles. The van der Waals surface area contributed by atoms with Gasteiger partial charge in [-0.05, 0) is 30.2 Å². The number of anilines is 1. The molecule has 11 nitrogen and oxygen atoms in total. The Labute approximate surface area is 188 Å². The lowest BCUT2D eigenvalue weighted by molar-refractivity contribution is 0.0691. The summed E-state index contributed by atoms with van der Waals surface area (Å²) in [4.78, 5) is 27.0. The number of nitrogens with two attached hydrogens (primary N) is 1. The minimum absolute atomic E-state index is 0.0705. The minimum Gasteiger partial charge on any atom is -0.476 e. The van der Waals surface area contributed by atoms with Gasteiger partial charge >= 0.3 is 5.97 Å². The second kappa shape index (κ2) is 10.9. The number of rotatable bonds is 8. The van der Waals surface area contributed by atoms with Crippen molar-refractivity contribution >= 4 is 17.6 Å². The van der Waals surface area contributed by atoms with Crippen LogP contribution in [-0.2, 0) is 17.7 Å². The highest BCUT2D eigenvalue weighted by atomic mass is 16.5. The molecule has 4 aromatic rings. The molecule has 3 aromatic heterocycles. The van der Waals surface area contributed by atoms with Crippen molar-refractivity contribution in [3.05, 3.63) is 71.8 Å². The van der Waals surface area contributed by atoms with Crippen molar-refractivity contribution in [2.24, 2.45) is 0 Å². The van der Waals surface area contributed by atoms with Gasteiger partial charge in [0.2, 0.25) is 0 Å². The van der Waals surface area contributed by atoms with Crippen molar-refractivity contribution in [1.29, 1.82) is 0 Å². The van der Waals surface area contributed by atoms with Gasteiger partial charge in [-0.1, -0.05) is 18.2 Å². The lowest BCUT2D eigenvalue weighted by Crippen LogP contribution is -2.03. The largest absolute Gasteiger partial charge is 0.476 e. The number of oxazole rings is 1. The standard InChI is InChI=1S/C13H13NO4.C9H10N4O2/c1-17-6-5-9-3-2-4-10(7-9)12-11(13(15)16)14-8-18-12;1-6(14)8-3-2-7(15-8)5-13-11-4-9(10)12-13/h2-4,7-8H,5-6H2,1H3,(H,15,16);2-4H,5H2,1H3,(H2,10,12). The van der Waals surface area contributed by atoms with E-state index in [1.807, 2.05) is 18.2 Å². The van der Waals surface area contributed by atoms with Crippen LogP contribution in [-0.4, -0.2) is 50.6 Å². The van der Waals surface area contributed by atoms with Gasteiger partial charge < -0.3 is 24.4 Å². The molecule has 0 atom stereocenters. The summed E-state index contributed by atoms with van der Waals surface area (Å²) < 4.78 is 15.4. The van der Waals surface area contributed by atoms with Crippen LogP contribution < -0.4 is 5.73 Å². The number of carbonyl (C=O) groups excluding carboxylic acids is 1. The summed E-state index contributed by atoms with van der Waals surface area (Å²) in [6, 6.07) is 10.8. The summed E-state index contributed by atoms with van der Waals surface area (Å²) in [5, 5.41) is 16.8. The number of aromatic nitrogens is 4. The first-order valence-corrected chi connectivity index (χ1v) is 9.87. The summed E-state index contributed by atoms with van der Waals surface area (Å²) in [5.41, 5.74) is 7.10. The second-order valence-electron chi connectivity index (χ2n) is 6.90. The van der Waals surface area contributed by atoms with E-state index >= 15 is 0 Å². The molecule has 1 aromatic carbocycles. The Hall–Kier alpha value is -4.25. The average Bonchev–Trinajstić information content (AvgIpc) is 3.54. The third kappa shape index (κ3) is 6.37. The summed E-state index contributed by atoms with van der Waals surface area (Å²) in [5.74, 6) is 0.395. The minimum atomic E-state index is -1.10. The van der Waals surface area contributed by atoms with Crippen LogP contribution in [0.15, 0.2) is 57.8 Å². The highest BCUT2D eigenvalue weighted by Crippen LogP contribution is 2.24. The molecule has 0 spiro atoms. The molecular formula is C22H23N5O6. The van der Waals surface area contributed by atoms with Crippen molar-refractivity contribution in [1.82, 2.24) is 20.0 Å². The molecule has 0 saturated heterocycles. The first-order chi connectivity index (χ1) is 15.9. The monoisotopic (exact) mass is 453 g/mol. The Bertz CT molecular complexity index is 1230. The van der Waals surface area contributed by atoms with Crippen LogP contribution in [0, 0.1) is 0 Å². The Balaban J connectivity index is 0.000000189. The predicted molar refractivity (Wildman–Crippen MR) is 117 cm³/mol. The van der Waals surface area contributed by atoms with Crippen LogP contribution >= 0.6 is 0 Å². The van der Waals surface area contributed by atoms with Gasteiger partial charge in [0.15, 0.2) is 35.2 Å². The van der Waals surface area contributed by atoms with Gasteiger partial charge in [-0.3, -0.25) is 4.79 Å². The molecule has 0 fully saturated rings. The van der Waals surface area contributed by atoms with Gasteiger partial charge in [0.25, 0.3) is 0 Å². The first-order valence-electron chi connectivity index (χ1n) is 9.87. The van der Waals surface area contributed by atoms with Gasteiger partial charge in [0.1, 0.15) is 12.3 Å². The van der Waals surface area contributed by atoms with Gasteiger partial charge in [0, 0.05) is 19.6 Å². The van der Waals surface area contributed by atoms with E-state index < -0.39 is 5.97 Å². The molecule has 3 heterocycles. The third-order valence-electron chi connectivity index (χ3n) is 4.41. The predicted octanol–water partition coefficient (Wildman–Crippen LogP) is 2.93. The summed E-state index contributed by atoms with van der Waals surface area (Å²) in [6.45, 7) is 2.43. The maximum absolute atomic E-state index is 11.0. The average molecular weight is 453 g/mol. The molecule has 0 aliphatic rings. The lowest BCUT2D eigenvalue weighted by Gasteiger charge is -2.03. The number of aromatic carboxylic acids is 1. The van der Waals surface area contributed by atoms with Gasteiger partial charge in [-0.15, -0.1) is 5.10 Å². The number of carbonyl (C=O) groups is 2. The van der Waals surface area contributed by atoms with Crippen LogP contribution in [0.4, 0.5) is 5.82 Å². The zero-order chi connectivity index (χ0) is 23.8. The number of hydrogen-bond acceptors (Lipinski definition) is 9. The van der Waals surface area contributed by atoms with Crippen LogP contribution in [0.3, 0.4) is 0 Å². The van der Waals surface area contributed by atoms with E-state index in [-0.39, 0.29) is 17.2 Å². The van der Waals surface area contributed by atoms with Gasteiger partial charge in [-0.2, -0.15) is 9.90 Å². The summed E-state index contributed by atoms with van der Waals surface area (Å²) >= 11 is 0. The van der Waals surface area contributed by atoms with E-state index in [1.165, 1.54) is 17.9 Å². The molecule has 33 heavy (non-hydrogen) atoms. The summed E-state index contributed by atoms with van der Waals surface area (Å²) in [6.07, 6.45) is 3.36.